The number of hydrogen-bond acceptors (Lipinski definition) is 1. The topological polar surface area (TPSA) is 9.23 Å². The first-order valence-corrected chi connectivity index (χ1v) is 3.09. The number of rotatable bonds is 3. The molecule has 1 nitrogen and oxygen atoms in total. The minimum atomic E-state index is 0.836. The summed E-state index contributed by atoms with van der Waals surface area (Å²) in [6.45, 7) is 5.05. The zero-order valence-corrected chi connectivity index (χ0v) is 5.66. The molecule has 0 spiro atoms. The molecule has 51 valence electrons. The maximum Gasteiger partial charge on any atom is 0.157 e. The Morgan fingerprint density at radius 3 is 2.50 bits per heavy atom. The standard InChI is InChI=1S/C9H9O/c1-2-8-10-9-6-4-3-5-7-9/h2-8H,1H2/i9+2. The Kier molecular flexibility index (Phi) is 2.56. The van der Waals surface area contributed by atoms with Crippen molar-refractivity contribution < 1.29 is 4.74 Å². The summed E-state index contributed by atoms with van der Waals surface area (Å²) in [4.78, 5) is 0. The van der Waals surface area contributed by atoms with Crippen molar-refractivity contribution in [2.24, 2.45) is 0 Å². The molecule has 0 fully saturated rings. The van der Waals surface area contributed by atoms with E-state index in [0.717, 1.165) is 5.75 Å². The molecule has 0 aliphatic rings. The van der Waals surface area contributed by atoms with Crippen LogP contribution in [-0.2, 0) is 0 Å². The molecule has 1 aromatic rings. The molecule has 0 amide bonds. The third kappa shape index (κ3) is 1.94. The third-order valence-corrected chi connectivity index (χ3v) is 1.04. The van der Waals surface area contributed by atoms with Crippen LogP contribution < -0.4 is 4.74 Å². The van der Waals surface area contributed by atoms with E-state index in [-0.39, 0.29) is 0 Å². The van der Waals surface area contributed by atoms with Gasteiger partial charge in [-0.25, -0.2) is 0 Å². The van der Waals surface area contributed by atoms with Crippen LogP contribution in [0.1, 0.15) is 0 Å². The lowest BCUT2D eigenvalue weighted by atomic mass is 10.5. The molecule has 0 aliphatic carbocycles. The number of hydrogen-bond donors (Lipinski definition) is 0. The average molecular weight is 135 g/mol. The van der Waals surface area contributed by atoms with Gasteiger partial charge in [0, 0.05) is 0 Å². The molecule has 0 saturated carbocycles. The fraction of sp³-hybridized carbons (Fsp3) is 0. The molecular formula is C9H9O. The van der Waals surface area contributed by atoms with Gasteiger partial charge in [-0.2, -0.15) is 0 Å². The smallest absolute Gasteiger partial charge is 0.157 e. The fourth-order valence-electron chi connectivity index (χ4n) is 0.626. The molecular weight excluding hydrogens is 126 g/mol. The van der Waals surface area contributed by atoms with E-state index in [1.165, 1.54) is 0 Å². The van der Waals surface area contributed by atoms with Gasteiger partial charge in [0.15, 0.2) is 6.61 Å². The summed E-state index contributed by atoms with van der Waals surface area (Å²) in [7, 11) is 0. The molecule has 1 heteroatoms. The van der Waals surface area contributed by atoms with Crippen LogP contribution in [-0.4, -0.2) is 0 Å². The van der Waals surface area contributed by atoms with Gasteiger partial charge in [0.1, 0.15) is 5.75 Å². The lowest BCUT2D eigenvalue weighted by Crippen LogP contribution is -1.84. The van der Waals surface area contributed by atoms with Crippen molar-refractivity contribution in [3.8, 4) is 5.75 Å². The van der Waals surface area contributed by atoms with Gasteiger partial charge in [-0.05, 0) is 18.2 Å². The average Bonchev–Trinajstić information content (AvgIpc) is 2.03. The summed E-state index contributed by atoms with van der Waals surface area (Å²) in [6.07, 6.45) is 1.60. The highest BCUT2D eigenvalue weighted by molar-refractivity contribution is 5.21. The zero-order valence-electron chi connectivity index (χ0n) is 5.66. The van der Waals surface area contributed by atoms with E-state index in [9.17, 15) is 0 Å². The van der Waals surface area contributed by atoms with E-state index in [1.54, 1.807) is 12.7 Å². The van der Waals surface area contributed by atoms with Crippen molar-refractivity contribution in [1.82, 2.24) is 0 Å². The number of ether oxygens (including phenoxy) is 1. The van der Waals surface area contributed by atoms with Crippen molar-refractivity contribution in [1.29, 1.82) is 0 Å². The normalized spacial score (nSPS) is 8.80. The van der Waals surface area contributed by atoms with Crippen LogP contribution in [0.4, 0.5) is 0 Å². The molecule has 0 aliphatic heterocycles. The van der Waals surface area contributed by atoms with E-state index < -0.39 is 0 Å². The Hall–Kier alpha value is -1.24. The first kappa shape index (κ1) is 6.87. The summed E-state index contributed by atoms with van der Waals surface area (Å²) >= 11 is 0. The third-order valence-electron chi connectivity index (χ3n) is 1.04. The van der Waals surface area contributed by atoms with E-state index in [1.807, 2.05) is 30.3 Å². The van der Waals surface area contributed by atoms with Crippen LogP contribution in [0.2, 0.25) is 0 Å². The minimum Gasteiger partial charge on any atom is -0.482 e. The van der Waals surface area contributed by atoms with Crippen LogP contribution in [0.5, 0.6) is 5.75 Å². The molecule has 0 unspecified atom stereocenters. The van der Waals surface area contributed by atoms with Crippen molar-refractivity contribution in [2.75, 3.05) is 0 Å². The molecule has 1 radical (unpaired) electrons. The summed E-state index contributed by atoms with van der Waals surface area (Å²) in [5, 5.41) is 0. The Morgan fingerprint density at radius 1 is 1.20 bits per heavy atom. The van der Waals surface area contributed by atoms with Crippen molar-refractivity contribution in [3.05, 3.63) is 49.6 Å². The predicted octanol–water partition coefficient (Wildman–Crippen LogP) is 2.41. The van der Waals surface area contributed by atoms with Crippen LogP contribution in [0, 0.1) is 6.61 Å². The van der Waals surface area contributed by atoms with E-state index in [4.69, 9.17) is 4.74 Å². The molecule has 10 heavy (non-hydrogen) atoms. The number of benzene rings is 1. The summed E-state index contributed by atoms with van der Waals surface area (Å²) in [5.41, 5.74) is 0. The predicted molar refractivity (Wildman–Crippen MR) is 41.6 cm³/mol. The van der Waals surface area contributed by atoms with E-state index in [2.05, 4.69) is 6.58 Å². The monoisotopic (exact) mass is 135 g/mol. The zero-order chi connectivity index (χ0) is 7.23. The Balaban J connectivity index is 2.50. The SMILES string of the molecule is C=C[CH]O[14c]1ccccc1. The van der Waals surface area contributed by atoms with Crippen molar-refractivity contribution in [3.63, 3.8) is 0 Å². The summed E-state index contributed by atoms with van der Waals surface area (Å²) in [6, 6.07) is 9.57. The van der Waals surface area contributed by atoms with Crippen LogP contribution in [0.15, 0.2) is 43.0 Å². The molecule has 0 N–H and O–H groups in total. The van der Waals surface area contributed by atoms with E-state index in [0.29, 0.717) is 0 Å². The van der Waals surface area contributed by atoms with Crippen LogP contribution in [0.25, 0.3) is 0 Å². The highest BCUT2D eigenvalue weighted by Gasteiger charge is 1.85. The molecule has 1 aromatic carbocycles. The van der Waals surface area contributed by atoms with Gasteiger partial charge in [0.2, 0.25) is 0 Å². The summed E-state index contributed by atoms with van der Waals surface area (Å²) in [5.74, 6) is 0.836. The Labute approximate surface area is 61.0 Å². The second kappa shape index (κ2) is 3.72. The summed E-state index contributed by atoms with van der Waals surface area (Å²) < 4.78 is 5.11. The Morgan fingerprint density at radius 2 is 1.90 bits per heavy atom. The van der Waals surface area contributed by atoms with Crippen molar-refractivity contribution in [2.45, 2.75) is 0 Å². The fourth-order valence-corrected chi connectivity index (χ4v) is 0.626. The largest absolute Gasteiger partial charge is 0.482 e. The van der Waals surface area contributed by atoms with Gasteiger partial charge >= 0.3 is 0 Å². The maximum atomic E-state index is 5.11. The lowest BCUT2D eigenvalue weighted by Gasteiger charge is -1.98. The number of para-hydroxylation sites is 1. The van der Waals surface area contributed by atoms with Crippen molar-refractivity contribution >= 4 is 0 Å². The van der Waals surface area contributed by atoms with Gasteiger partial charge in [-0.3, -0.25) is 0 Å². The van der Waals surface area contributed by atoms with Gasteiger partial charge in [-0.15, -0.1) is 0 Å². The van der Waals surface area contributed by atoms with Crippen LogP contribution >= 0.6 is 0 Å². The van der Waals surface area contributed by atoms with Gasteiger partial charge < -0.3 is 4.74 Å². The first-order valence-electron chi connectivity index (χ1n) is 3.09. The van der Waals surface area contributed by atoms with E-state index >= 15 is 0 Å². The molecule has 0 heterocycles. The first-order chi connectivity index (χ1) is 4.93. The van der Waals surface area contributed by atoms with Gasteiger partial charge in [-0.1, -0.05) is 24.8 Å². The van der Waals surface area contributed by atoms with Crippen LogP contribution in [0.3, 0.4) is 0 Å². The van der Waals surface area contributed by atoms with Gasteiger partial charge in [0.05, 0.1) is 0 Å². The highest BCUT2D eigenvalue weighted by atomic mass is 16.7. The molecule has 0 atom stereocenters. The quantitative estimate of drug-likeness (QED) is 0.618. The maximum absolute atomic E-state index is 5.11. The highest BCUT2D eigenvalue weighted by Crippen LogP contribution is 2.08. The second-order valence-electron chi connectivity index (χ2n) is 1.80. The minimum absolute atomic E-state index is 0.836. The molecule has 0 saturated heterocycles. The molecule has 0 bridgehead atoms. The molecule has 0 aromatic heterocycles. The lowest BCUT2D eigenvalue weighted by molar-refractivity contribution is 0.434. The Bertz CT molecular complexity index is 191. The second-order valence-corrected chi connectivity index (χ2v) is 1.80. The molecule has 1 rings (SSSR count). The van der Waals surface area contributed by atoms with Gasteiger partial charge in [0.25, 0.3) is 0 Å².